The van der Waals surface area contributed by atoms with Crippen molar-refractivity contribution in [3.63, 3.8) is 0 Å². The predicted molar refractivity (Wildman–Crippen MR) is 76.7 cm³/mol. The van der Waals surface area contributed by atoms with E-state index >= 15 is 0 Å². The minimum absolute atomic E-state index is 0.0979. The van der Waals surface area contributed by atoms with Crippen LogP contribution in [0.1, 0.15) is 12.2 Å². The van der Waals surface area contributed by atoms with Crippen LogP contribution < -0.4 is 10.2 Å². The number of anilines is 2. The van der Waals surface area contributed by atoms with E-state index in [1.54, 1.807) is 6.92 Å². The number of rotatable bonds is 3. The Hall–Kier alpha value is -2.77. The van der Waals surface area contributed by atoms with Crippen molar-refractivity contribution in [2.24, 2.45) is 5.92 Å². The second-order valence-corrected chi connectivity index (χ2v) is 5.29. The van der Waals surface area contributed by atoms with Gasteiger partial charge in [-0.3, -0.25) is 9.59 Å². The van der Waals surface area contributed by atoms with E-state index in [9.17, 15) is 18.4 Å². The van der Waals surface area contributed by atoms with Crippen LogP contribution in [0.2, 0.25) is 0 Å². The van der Waals surface area contributed by atoms with E-state index in [1.165, 1.54) is 12.1 Å². The van der Waals surface area contributed by atoms with Crippen molar-refractivity contribution in [1.82, 2.24) is 5.16 Å². The summed E-state index contributed by atoms with van der Waals surface area (Å²) in [5.41, 5.74) is -0.426. The van der Waals surface area contributed by atoms with E-state index in [4.69, 9.17) is 4.52 Å². The fourth-order valence-electron chi connectivity index (χ4n) is 2.50. The Morgan fingerprint density at radius 3 is 2.70 bits per heavy atom. The van der Waals surface area contributed by atoms with Gasteiger partial charge in [0.2, 0.25) is 11.8 Å². The number of benzene rings is 1. The van der Waals surface area contributed by atoms with Crippen LogP contribution in [0.5, 0.6) is 0 Å². The van der Waals surface area contributed by atoms with Gasteiger partial charge in [-0.25, -0.2) is 8.78 Å². The fourth-order valence-corrected chi connectivity index (χ4v) is 2.50. The van der Waals surface area contributed by atoms with Gasteiger partial charge in [0.15, 0.2) is 5.82 Å². The molecular formula is C15H13F2N3O3. The molecule has 0 bridgehead atoms. The summed E-state index contributed by atoms with van der Waals surface area (Å²) in [6.45, 7) is 1.57. The van der Waals surface area contributed by atoms with Gasteiger partial charge >= 0.3 is 0 Å². The van der Waals surface area contributed by atoms with Gasteiger partial charge in [0.05, 0.1) is 5.92 Å². The summed E-state index contributed by atoms with van der Waals surface area (Å²) in [7, 11) is 0. The molecule has 1 aromatic carbocycles. The first-order chi connectivity index (χ1) is 11.0. The number of aryl methyl sites for hydroxylation is 1. The average molecular weight is 321 g/mol. The smallest absolute Gasteiger partial charge is 0.231 e. The summed E-state index contributed by atoms with van der Waals surface area (Å²) in [6.07, 6.45) is -0.129. The summed E-state index contributed by atoms with van der Waals surface area (Å²) in [4.78, 5) is 25.1. The third kappa shape index (κ3) is 2.92. The van der Waals surface area contributed by atoms with Crippen LogP contribution in [0.4, 0.5) is 20.3 Å². The molecule has 1 unspecified atom stereocenters. The van der Waals surface area contributed by atoms with Gasteiger partial charge in [0.25, 0.3) is 0 Å². The van der Waals surface area contributed by atoms with Crippen molar-refractivity contribution in [1.29, 1.82) is 0 Å². The number of halogens is 2. The Morgan fingerprint density at radius 2 is 2.09 bits per heavy atom. The van der Waals surface area contributed by atoms with E-state index in [0.717, 1.165) is 17.0 Å². The first-order valence-electron chi connectivity index (χ1n) is 6.94. The molecule has 1 saturated heterocycles. The van der Waals surface area contributed by atoms with Gasteiger partial charge in [0.1, 0.15) is 23.1 Å². The summed E-state index contributed by atoms with van der Waals surface area (Å²) in [5, 5.41) is 6.14. The number of hydrogen-bond donors (Lipinski definition) is 1. The van der Waals surface area contributed by atoms with Crippen LogP contribution in [0.15, 0.2) is 28.8 Å². The molecule has 0 spiro atoms. The van der Waals surface area contributed by atoms with E-state index in [0.29, 0.717) is 5.76 Å². The normalized spacial score (nSPS) is 17.6. The minimum atomic E-state index is -0.841. The highest BCUT2D eigenvalue weighted by molar-refractivity contribution is 6.03. The molecule has 0 saturated carbocycles. The number of nitrogens with zero attached hydrogens (tertiary/aromatic N) is 2. The minimum Gasteiger partial charge on any atom is -0.360 e. The summed E-state index contributed by atoms with van der Waals surface area (Å²) in [6, 6.07) is 4.88. The van der Waals surface area contributed by atoms with Crippen LogP contribution in [0, 0.1) is 24.5 Å². The van der Waals surface area contributed by atoms with Gasteiger partial charge in [-0.2, -0.15) is 0 Å². The molecule has 0 aliphatic carbocycles. The van der Waals surface area contributed by atoms with Crippen LogP contribution in [0.3, 0.4) is 0 Å². The highest BCUT2D eigenvalue weighted by atomic mass is 19.1. The largest absolute Gasteiger partial charge is 0.360 e. The molecule has 2 aromatic rings. The van der Waals surface area contributed by atoms with Crippen LogP contribution in [-0.4, -0.2) is 23.5 Å². The fraction of sp³-hybridized carbons (Fsp3) is 0.267. The summed E-state index contributed by atoms with van der Waals surface area (Å²) >= 11 is 0. The first kappa shape index (κ1) is 15.1. The van der Waals surface area contributed by atoms with Crippen molar-refractivity contribution in [2.45, 2.75) is 13.3 Å². The molecular weight excluding hydrogens is 308 g/mol. The molecule has 120 valence electrons. The number of amides is 2. The van der Waals surface area contributed by atoms with Crippen molar-refractivity contribution in [3.05, 3.63) is 41.7 Å². The van der Waals surface area contributed by atoms with Gasteiger partial charge < -0.3 is 14.7 Å². The maximum Gasteiger partial charge on any atom is 0.231 e. The monoisotopic (exact) mass is 321 g/mol. The standard InChI is InChI=1S/C15H13F2N3O3/c1-8-5-12(19-23-8)18-15(22)9-6-13(21)20(7-9)14-10(16)3-2-4-11(14)17/h2-5,9H,6-7H2,1H3,(H,18,19,22). The molecule has 6 nitrogen and oxygen atoms in total. The first-order valence-corrected chi connectivity index (χ1v) is 6.94. The zero-order valence-electron chi connectivity index (χ0n) is 12.2. The van der Waals surface area contributed by atoms with Crippen molar-refractivity contribution >= 4 is 23.3 Å². The number of carbonyl (C=O) groups is 2. The molecule has 1 fully saturated rings. The summed E-state index contributed by atoms with van der Waals surface area (Å²) in [5.74, 6) is -2.61. The number of hydrogen-bond acceptors (Lipinski definition) is 4. The molecule has 3 rings (SSSR count). The number of para-hydroxylation sites is 1. The Kier molecular flexibility index (Phi) is 3.81. The third-order valence-electron chi connectivity index (χ3n) is 3.58. The van der Waals surface area contributed by atoms with E-state index in [1.807, 2.05) is 0 Å². The van der Waals surface area contributed by atoms with Crippen molar-refractivity contribution < 1.29 is 22.9 Å². The lowest BCUT2D eigenvalue weighted by molar-refractivity contribution is -0.122. The molecule has 23 heavy (non-hydrogen) atoms. The molecule has 8 heteroatoms. The van der Waals surface area contributed by atoms with Gasteiger partial charge in [0, 0.05) is 19.0 Å². The van der Waals surface area contributed by atoms with E-state index in [-0.39, 0.29) is 18.8 Å². The number of nitrogens with one attached hydrogen (secondary N) is 1. The van der Waals surface area contributed by atoms with Crippen LogP contribution in [-0.2, 0) is 9.59 Å². The topological polar surface area (TPSA) is 75.4 Å². The molecule has 2 heterocycles. The molecule has 2 amide bonds. The van der Waals surface area contributed by atoms with Crippen molar-refractivity contribution in [2.75, 3.05) is 16.8 Å². The quantitative estimate of drug-likeness (QED) is 0.941. The van der Waals surface area contributed by atoms with Gasteiger partial charge in [-0.05, 0) is 19.1 Å². The molecule has 1 N–H and O–H groups in total. The number of carbonyl (C=O) groups excluding carboxylic acids is 2. The molecule has 1 aromatic heterocycles. The van der Waals surface area contributed by atoms with Crippen LogP contribution in [0.25, 0.3) is 0 Å². The lowest BCUT2D eigenvalue weighted by Crippen LogP contribution is -2.29. The SMILES string of the molecule is Cc1cc(NC(=O)C2CC(=O)N(c3c(F)cccc3F)C2)no1. The number of aromatic nitrogens is 1. The van der Waals surface area contributed by atoms with Gasteiger partial charge in [-0.15, -0.1) is 0 Å². The predicted octanol–water partition coefficient (Wildman–Crippen LogP) is 2.25. The lowest BCUT2D eigenvalue weighted by atomic mass is 10.1. The molecule has 0 radical (unpaired) electrons. The highest BCUT2D eigenvalue weighted by Gasteiger charge is 2.37. The Balaban J connectivity index is 1.76. The average Bonchev–Trinajstić information content (AvgIpc) is 3.06. The second-order valence-electron chi connectivity index (χ2n) is 5.29. The summed E-state index contributed by atoms with van der Waals surface area (Å²) < 4.78 is 32.4. The second kappa shape index (κ2) is 5.79. The van der Waals surface area contributed by atoms with Gasteiger partial charge in [-0.1, -0.05) is 11.2 Å². The molecule has 1 atom stereocenters. The Labute approximate surface area is 130 Å². The van der Waals surface area contributed by atoms with Crippen molar-refractivity contribution in [3.8, 4) is 0 Å². The highest BCUT2D eigenvalue weighted by Crippen LogP contribution is 2.30. The maximum atomic E-state index is 13.8. The third-order valence-corrected chi connectivity index (χ3v) is 3.58. The molecule has 1 aliphatic rings. The van der Waals surface area contributed by atoms with Crippen LogP contribution >= 0.6 is 0 Å². The van der Waals surface area contributed by atoms with E-state index < -0.39 is 35.1 Å². The zero-order valence-corrected chi connectivity index (χ0v) is 12.2. The Bertz CT molecular complexity index is 755. The lowest BCUT2D eigenvalue weighted by Gasteiger charge is -2.17. The zero-order chi connectivity index (χ0) is 16.6. The maximum absolute atomic E-state index is 13.8. The molecule has 1 aliphatic heterocycles. The van der Waals surface area contributed by atoms with E-state index in [2.05, 4.69) is 10.5 Å². The Morgan fingerprint density at radius 1 is 1.39 bits per heavy atom.